The highest BCUT2D eigenvalue weighted by Crippen LogP contribution is 2.47. The van der Waals surface area contributed by atoms with Crippen molar-refractivity contribution >= 4 is 16.4 Å². The Hall–Kier alpha value is -2.35. The van der Waals surface area contributed by atoms with E-state index in [9.17, 15) is 8.42 Å². The van der Waals surface area contributed by atoms with Gasteiger partial charge in [-0.3, -0.25) is 4.18 Å². The second-order valence-electron chi connectivity index (χ2n) is 5.72. The third-order valence-corrected chi connectivity index (χ3v) is 4.75. The zero-order valence-electron chi connectivity index (χ0n) is 13.9. The summed E-state index contributed by atoms with van der Waals surface area (Å²) in [6.07, 6.45) is 3.82. The Bertz CT molecular complexity index is 923. The Labute approximate surface area is 147 Å². The van der Waals surface area contributed by atoms with Gasteiger partial charge in [-0.1, -0.05) is 36.4 Å². The Morgan fingerprint density at radius 2 is 1.84 bits per heavy atom. The first-order chi connectivity index (χ1) is 11.9. The lowest BCUT2D eigenvalue weighted by Crippen LogP contribution is -2.33. The highest BCUT2D eigenvalue weighted by atomic mass is 32.2. The zero-order valence-corrected chi connectivity index (χ0v) is 14.7. The summed E-state index contributed by atoms with van der Waals surface area (Å²) in [5.41, 5.74) is 1.72. The highest BCUT2D eigenvalue weighted by molar-refractivity contribution is 7.84. The number of methoxy groups -OCH3 is 2. The molecule has 25 heavy (non-hydrogen) atoms. The van der Waals surface area contributed by atoms with Crippen molar-refractivity contribution in [3.8, 4) is 11.5 Å². The fraction of sp³-hybridized carbons (Fsp3) is 0.222. The molecule has 0 amide bonds. The van der Waals surface area contributed by atoms with Gasteiger partial charge in [0.05, 0.1) is 26.2 Å². The summed E-state index contributed by atoms with van der Waals surface area (Å²) >= 11 is 0. The summed E-state index contributed by atoms with van der Waals surface area (Å²) in [5.74, 6) is 1.30. The Morgan fingerprint density at radius 1 is 1.08 bits per heavy atom. The second kappa shape index (κ2) is 6.51. The largest absolute Gasteiger partial charge is 0.497 e. The van der Waals surface area contributed by atoms with Crippen LogP contribution >= 0.6 is 0 Å². The molecule has 132 valence electrons. The molecular weight excluding hydrogens is 342 g/mol. The van der Waals surface area contributed by atoms with Crippen molar-refractivity contribution in [2.75, 3.05) is 20.8 Å². The minimum Gasteiger partial charge on any atom is -0.497 e. The van der Waals surface area contributed by atoms with Crippen LogP contribution in [0.4, 0.5) is 0 Å². The van der Waals surface area contributed by atoms with Crippen LogP contribution in [0.3, 0.4) is 0 Å². The molecule has 0 bridgehead atoms. The number of benzene rings is 2. The topological polar surface area (TPSA) is 87.9 Å². The van der Waals surface area contributed by atoms with Crippen LogP contribution in [0.25, 0.3) is 6.08 Å². The van der Waals surface area contributed by atoms with E-state index in [1.54, 1.807) is 14.2 Å². The molecule has 0 saturated carbocycles. The average Bonchev–Trinajstić information content (AvgIpc) is 2.99. The van der Waals surface area contributed by atoms with E-state index in [1.165, 1.54) is 0 Å². The van der Waals surface area contributed by atoms with Crippen LogP contribution in [0.1, 0.15) is 16.7 Å². The molecule has 1 aliphatic carbocycles. The van der Waals surface area contributed by atoms with Crippen molar-refractivity contribution in [3.63, 3.8) is 0 Å². The van der Waals surface area contributed by atoms with Gasteiger partial charge in [-0.15, -0.1) is 0 Å². The Morgan fingerprint density at radius 3 is 2.52 bits per heavy atom. The first-order valence-electron chi connectivity index (χ1n) is 7.58. The van der Waals surface area contributed by atoms with Gasteiger partial charge >= 0.3 is 10.3 Å². The second-order valence-corrected chi connectivity index (χ2v) is 6.94. The molecule has 1 aliphatic rings. The highest BCUT2D eigenvalue weighted by Gasteiger charge is 2.41. The number of hydrogen-bond donors (Lipinski definition) is 1. The SMILES string of the molecule is COc1cccc(C2(COS(N)(=O)=O)C=Cc3cccc(OC)c32)c1. The smallest absolute Gasteiger partial charge is 0.333 e. The number of nitrogens with two attached hydrogens (primary N) is 1. The van der Waals surface area contributed by atoms with Gasteiger partial charge in [0.2, 0.25) is 0 Å². The van der Waals surface area contributed by atoms with Gasteiger partial charge in [-0.05, 0) is 29.3 Å². The summed E-state index contributed by atoms with van der Waals surface area (Å²) in [6, 6.07) is 13.0. The van der Waals surface area contributed by atoms with E-state index in [-0.39, 0.29) is 6.61 Å². The van der Waals surface area contributed by atoms with Crippen LogP contribution in [-0.4, -0.2) is 29.2 Å². The predicted octanol–water partition coefficient (Wildman–Crippen LogP) is 2.24. The number of hydrogen-bond acceptors (Lipinski definition) is 5. The van der Waals surface area contributed by atoms with Gasteiger partial charge < -0.3 is 9.47 Å². The van der Waals surface area contributed by atoms with Crippen molar-refractivity contribution in [3.05, 3.63) is 65.2 Å². The number of ether oxygens (including phenoxy) is 2. The van der Waals surface area contributed by atoms with Crippen molar-refractivity contribution < 1.29 is 22.1 Å². The van der Waals surface area contributed by atoms with Gasteiger partial charge in [0, 0.05) is 5.56 Å². The van der Waals surface area contributed by atoms with Crippen LogP contribution in [0.5, 0.6) is 11.5 Å². The van der Waals surface area contributed by atoms with Gasteiger partial charge in [-0.2, -0.15) is 8.42 Å². The minimum absolute atomic E-state index is 0.178. The molecule has 1 atom stereocenters. The number of rotatable bonds is 6. The molecule has 0 spiro atoms. The van der Waals surface area contributed by atoms with Crippen LogP contribution in [0.15, 0.2) is 48.5 Å². The normalized spacial score (nSPS) is 18.8. The lowest BCUT2D eigenvalue weighted by atomic mass is 9.76. The van der Waals surface area contributed by atoms with E-state index in [4.69, 9.17) is 18.8 Å². The molecule has 0 saturated heterocycles. The van der Waals surface area contributed by atoms with Crippen LogP contribution in [0, 0.1) is 0 Å². The van der Waals surface area contributed by atoms with E-state index in [2.05, 4.69) is 0 Å². The lowest BCUT2D eigenvalue weighted by Gasteiger charge is -2.30. The van der Waals surface area contributed by atoms with Gasteiger partial charge in [0.1, 0.15) is 11.5 Å². The summed E-state index contributed by atoms with van der Waals surface area (Å²) in [4.78, 5) is 0. The Kier molecular flexibility index (Phi) is 4.55. The first kappa shape index (κ1) is 17.5. The van der Waals surface area contributed by atoms with Gasteiger partial charge in [0.15, 0.2) is 0 Å². The molecule has 2 aromatic rings. The van der Waals surface area contributed by atoms with E-state index in [1.807, 2.05) is 54.6 Å². The molecule has 7 heteroatoms. The average molecular weight is 361 g/mol. The first-order valence-corrected chi connectivity index (χ1v) is 9.05. The molecular formula is C18H19NO5S. The molecule has 2 N–H and O–H groups in total. The lowest BCUT2D eigenvalue weighted by molar-refractivity contribution is 0.272. The minimum atomic E-state index is -4.10. The molecule has 0 aromatic heterocycles. The van der Waals surface area contributed by atoms with E-state index >= 15 is 0 Å². The van der Waals surface area contributed by atoms with Crippen LogP contribution < -0.4 is 14.6 Å². The Balaban J connectivity index is 2.21. The molecule has 0 aliphatic heterocycles. The molecule has 1 unspecified atom stereocenters. The van der Waals surface area contributed by atoms with E-state index < -0.39 is 15.7 Å². The molecule has 2 aromatic carbocycles. The molecule has 0 radical (unpaired) electrons. The van der Waals surface area contributed by atoms with Crippen molar-refractivity contribution in [2.24, 2.45) is 5.14 Å². The monoisotopic (exact) mass is 361 g/mol. The molecule has 3 rings (SSSR count). The summed E-state index contributed by atoms with van der Waals surface area (Å²) < 4.78 is 38.7. The maximum absolute atomic E-state index is 11.4. The standard InChI is InChI=1S/C18H19NO5S/c1-22-15-7-4-6-14(11-15)18(12-24-25(19,20)21)10-9-13-5-3-8-16(23-2)17(13)18/h3-11H,12H2,1-2H3,(H2,19,20,21). The summed E-state index contributed by atoms with van der Waals surface area (Å²) in [5, 5.41) is 5.07. The fourth-order valence-corrected chi connectivity index (χ4v) is 3.52. The third-order valence-electron chi connectivity index (χ3n) is 4.31. The molecule has 0 heterocycles. The van der Waals surface area contributed by atoms with Crippen LogP contribution in [-0.2, 0) is 19.9 Å². The third kappa shape index (κ3) is 3.26. The maximum atomic E-state index is 11.4. The van der Waals surface area contributed by atoms with Crippen molar-refractivity contribution in [1.82, 2.24) is 0 Å². The van der Waals surface area contributed by atoms with Crippen molar-refractivity contribution in [1.29, 1.82) is 0 Å². The zero-order chi connectivity index (χ0) is 18.1. The summed E-state index contributed by atoms with van der Waals surface area (Å²) in [6.45, 7) is -0.178. The van der Waals surface area contributed by atoms with E-state index in [0.717, 1.165) is 16.7 Å². The predicted molar refractivity (Wildman–Crippen MR) is 94.9 cm³/mol. The van der Waals surface area contributed by atoms with Crippen molar-refractivity contribution in [2.45, 2.75) is 5.41 Å². The van der Waals surface area contributed by atoms with E-state index in [0.29, 0.717) is 11.5 Å². The fourth-order valence-electron chi connectivity index (χ4n) is 3.17. The maximum Gasteiger partial charge on any atom is 0.333 e. The molecule has 6 nitrogen and oxygen atoms in total. The molecule has 0 fully saturated rings. The van der Waals surface area contributed by atoms with Crippen LogP contribution in [0.2, 0.25) is 0 Å². The quantitative estimate of drug-likeness (QED) is 0.852. The van der Waals surface area contributed by atoms with Gasteiger partial charge in [0.25, 0.3) is 0 Å². The van der Waals surface area contributed by atoms with Gasteiger partial charge in [-0.25, -0.2) is 5.14 Å². The summed E-state index contributed by atoms with van der Waals surface area (Å²) in [7, 11) is -0.952. The number of fused-ring (bicyclic) bond motifs is 1.